The third kappa shape index (κ3) is 6.11. The number of nitrogens with zero attached hydrogens (tertiary/aromatic N) is 6. The van der Waals surface area contributed by atoms with E-state index in [2.05, 4.69) is 29.9 Å². The fourth-order valence-electron chi connectivity index (χ4n) is 4.33. The van der Waals surface area contributed by atoms with Crippen molar-refractivity contribution in [1.82, 2.24) is 29.7 Å². The number of nitrogens with one attached hydrogen (secondary N) is 1. The van der Waals surface area contributed by atoms with Crippen molar-refractivity contribution in [2.75, 3.05) is 18.4 Å². The van der Waals surface area contributed by atoms with E-state index in [1.807, 2.05) is 27.7 Å². The summed E-state index contributed by atoms with van der Waals surface area (Å²) in [6.45, 7) is 9.69. The molecule has 1 N–H and O–H groups in total. The van der Waals surface area contributed by atoms with E-state index in [0.29, 0.717) is 24.0 Å². The molecule has 38 heavy (non-hydrogen) atoms. The first kappa shape index (κ1) is 27.9. The lowest BCUT2D eigenvalue weighted by molar-refractivity contribution is 0.00152. The predicted octanol–water partition coefficient (Wildman–Crippen LogP) is 3.48. The Morgan fingerprint density at radius 2 is 1.87 bits per heavy atom. The van der Waals surface area contributed by atoms with Gasteiger partial charge >= 0.3 is 0 Å². The Hall–Kier alpha value is -3.16. The second kappa shape index (κ2) is 11.7. The molecule has 0 aromatic carbocycles. The summed E-state index contributed by atoms with van der Waals surface area (Å²) in [7, 11) is -2.51. The van der Waals surface area contributed by atoms with Gasteiger partial charge in [0.25, 0.3) is 0 Å². The van der Waals surface area contributed by atoms with Gasteiger partial charge < -0.3 is 14.2 Å². The van der Waals surface area contributed by atoms with Crippen molar-refractivity contribution in [3.05, 3.63) is 42.0 Å². The number of aryl methyl sites for hydroxylation is 1. The highest BCUT2D eigenvalue weighted by Gasteiger charge is 2.37. The van der Waals surface area contributed by atoms with Crippen molar-refractivity contribution in [2.45, 2.75) is 77.1 Å². The van der Waals surface area contributed by atoms with Gasteiger partial charge in [0.05, 0.1) is 25.4 Å². The van der Waals surface area contributed by atoms with Crippen LogP contribution in [0.25, 0.3) is 11.5 Å². The van der Waals surface area contributed by atoms with Crippen LogP contribution in [0, 0.1) is 6.92 Å². The molecule has 0 bridgehead atoms. The first-order valence-electron chi connectivity index (χ1n) is 12.6. The fraction of sp³-hybridized carbons (Fsp3) is 0.560. The molecule has 0 amide bonds. The van der Waals surface area contributed by atoms with Crippen molar-refractivity contribution in [2.24, 2.45) is 0 Å². The summed E-state index contributed by atoms with van der Waals surface area (Å²) in [6, 6.07) is 5.01. The second-order valence-electron chi connectivity index (χ2n) is 9.65. The molecule has 3 aromatic heterocycles. The molecule has 1 aliphatic heterocycles. The largest absolute Gasteiger partial charge is 0.481 e. The molecule has 206 valence electrons. The van der Waals surface area contributed by atoms with Gasteiger partial charge in [-0.1, -0.05) is 6.07 Å². The molecule has 4 rings (SSSR count). The fourth-order valence-corrected chi connectivity index (χ4v) is 5.42. The summed E-state index contributed by atoms with van der Waals surface area (Å²) in [5.74, 6) is 1.16. The van der Waals surface area contributed by atoms with Gasteiger partial charge in [0, 0.05) is 25.1 Å². The molecule has 0 saturated carbocycles. The maximum atomic E-state index is 13.7. The zero-order chi connectivity index (χ0) is 27.4. The highest BCUT2D eigenvalue weighted by molar-refractivity contribution is 7.93. The molecular formula is C25H35N7O5S. The maximum absolute atomic E-state index is 13.7. The maximum Gasteiger partial charge on any atom is 0.240 e. The lowest BCUT2D eigenvalue weighted by atomic mass is 10.1. The van der Waals surface area contributed by atoms with E-state index in [4.69, 9.17) is 14.2 Å². The Balaban J connectivity index is 1.71. The summed E-state index contributed by atoms with van der Waals surface area (Å²) < 4.78 is 49.0. The number of methoxy groups -OCH3 is 1. The molecule has 0 spiro atoms. The molecule has 3 aromatic rings. The van der Waals surface area contributed by atoms with Crippen LogP contribution in [0.5, 0.6) is 5.88 Å². The third-order valence-corrected chi connectivity index (χ3v) is 8.08. The van der Waals surface area contributed by atoms with Crippen LogP contribution in [0.3, 0.4) is 0 Å². The molecule has 0 radical (unpaired) electrons. The first-order valence-corrected chi connectivity index (χ1v) is 14.2. The highest BCUT2D eigenvalue weighted by atomic mass is 32.2. The smallest absolute Gasteiger partial charge is 0.240 e. The third-order valence-electron chi connectivity index (χ3n) is 6.39. The number of hydrogen-bond acceptors (Lipinski definition) is 10. The number of aromatic nitrogens is 6. The number of sulfonamides is 1. The van der Waals surface area contributed by atoms with E-state index in [1.54, 1.807) is 42.1 Å². The van der Waals surface area contributed by atoms with E-state index in [-0.39, 0.29) is 30.0 Å². The molecule has 12 nitrogen and oxygen atoms in total. The summed E-state index contributed by atoms with van der Waals surface area (Å²) in [6.07, 6.45) is 3.75. The minimum Gasteiger partial charge on any atom is -0.481 e. The van der Waals surface area contributed by atoms with Crippen LogP contribution in [-0.2, 0) is 19.5 Å². The molecular weight excluding hydrogens is 510 g/mol. The van der Waals surface area contributed by atoms with Crippen molar-refractivity contribution >= 4 is 16.0 Å². The van der Waals surface area contributed by atoms with Gasteiger partial charge in [0.15, 0.2) is 11.6 Å². The van der Waals surface area contributed by atoms with Crippen molar-refractivity contribution < 1.29 is 22.6 Å². The topological polar surface area (TPSA) is 143 Å². The second-order valence-corrected chi connectivity index (χ2v) is 11.7. The minimum absolute atomic E-state index is 0.0626. The first-order chi connectivity index (χ1) is 18.1. The SMILES string of the molecule is COc1cccc(-c2nnc(NS(=O)(=O)[C@@H](C)[C@@H](OC(C)C)c3ncc(C)cn3)n2[C@H](C)[C@@H]2CCCO2)n1. The normalized spacial score (nSPS) is 18.3. The number of hydrogen-bond donors (Lipinski definition) is 1. The summed E-state index contributed by atoms with van der Waals surface area (Å²) in [5.41, 5.74) is 1.36. The molecule has 1 saturated heterocycles. The molecule has 1 aliphatic rings. The van der Waals surface area contributed by atoms with Crippen molar-refractivity contribution in [3.8, 4) is 17.4 Å². The molecule has 0 aliphatic carbocycles. The zero-order valence-electron chi connectivity index (χ0n) is 22.5. The van der Waals surface area contributed by atoms with Gasteiger partial charge in [-0.25, -0.2) is 23.4 Å². The number of ether oxygens (including phenoxy) is 3. The quantitative estimate of drug-likeness (QED) is 0.380. The number of anilines is 1. The standard InChI is InChI=1S/C25H35N7O5S/c1-15(2)37-22(23-26-13-16(3)14-27-23)18(5)38(33,34)31-25-30-29-24(19-9-7-11-21(28-19)35-6)32(25)17(4)20-10-8-12-36-20/h7,9,11,13-15,17-18,20,22H,8,10,12H2,1-6H3,(H,30,31)/t17-,18+,20+,22-/m1/s1. The van der Waals surface area contributed by atoms with Crippen LogP contribution in [0.4, 0.5) is 5.95 Å². The van der Waals surface area contributed by atoms with Crippen LogP contribution < -0.4 is 9.46 Å². The Bertz CT molecular complexity index is 1320. The van der Waals surface area contributed by atoms with Crippen LogP contribution >= 0.6 is 0 Å². The van der Waals surface area contributed by atoms with Gasteiger partial charge in [-0.15, -0.1) is 10.2 Å². The van der Waals surface area contributed by atoms with Crippen molar-refractivity contribution in [3.63, 3.8) is 0 Å². The number of rotatable bonds is 11. The molecule has 0 unspecified atom stereocenters. The van der Waals surface area contributed by atoms with E-state index in [1.165, 1.54) is 7.11 Å². The van der Waals surface area contributed by atoms with E-state index in [9.17, 15) is 8.42 Å². The minimum atomic E-state index is -4.04. The average Bonchev–Trinajstić information content (AvgIpc) is 3.57. The Morgan fingerprint density at radius 1 is 1.13 bits per heavy atom. The van der Waals surface area contributed by atoms with Crippen LogP contribution in [-0.4, -0.2) is 69.3 Å². The predicted molar refractivity (Wildman–Crippen MR) is 141 cm³/mol. The molecule has 13 heteroatoms. The van der Waals surface area contributed by atoms with Gasteiger partial charge in [0.1, 0.15) is 17.0 Å². The van der Waals surface area contributed by atoms with Gasteiger partial charge in [-0.2, -0.15) is 0 Å². The van der Waals surface area contributed by atoms with Crippen molar-refractivity contribution in [1.29, 1.82) is 0 Å². The molecule has 4 heterocycles. The van der Waals surface area contributed by atoms with Crippen LogP contribution in [0.15, 0.2) is 30.6 Å². The monoisotopic (exact) mass is 545 g/mol. The van der Waals surface area contributed by atoms with Crippen LogP contribution in [0.1, 0.15) is 64.1 Å². The highest BCUT2D eigenvalue weighted by Crippen LogP contribution is 2.33. The van der Waals surface area contributed by atoms with E-state index < -0.39 is 21.4 Å². The van der Waals surface area contributed by atoms with E-state index in [0.717, 1.165) is 18.4 Å². The average molecular weight is 546 g/mol. The Morgan fingerprint density at radius 3 is 2.50 bits per heavy atom. The molecule has 4 atom stereocenters. The van der Waals surface area contributed by atoms with E-state index >= 15 is 0 Å². The summed E-state index contributed by atoms with van der Waals surface area (Å²) >= 11 is 0. The zero-order valence-corrected chi connectivity index (χ0v) is 23.3. The summed E-state index contributed by atoms with van der Waals surface area (Å²) in [4.78, 5) is 13.2. The lowest BCUT2D eigenvalue weighted by Crippen LogP contribution is -2.35. The Labute approximate surface area is 223 Å². The van der Waals surface area contributed by atoms with Crippen LogP contribution in [0.2, 0.25) is 0 Å². The summed E-state index contributed by atoms with van der Waals surface area (Å²) in [5, 5.41) is 7.50. The van der Waals surface area contributed by atoms with Gasteiger partial charge in [-0.05, 0) is 59.1 Å². The number of pyridine rings is 1. The Kier molecular flexibility index (Phi) is 8.58. The van der Waals surface area contributed by atoms with Gasteiger partial charge in [-0.3, -0.25) is 9.29 Å². The lowest BCUT2D eigenvalue weighted by Gasteiger charge is -2.27. The molecule has 1 fully saturated rings. The van der Waals surface area contributed by atoms with Gasteiger partial charge in [0.2, 0.25) is 21.9 Å².